The molecule has 148 valence electrons. The predicted octanol–water partition coefficient (Wildman–Crippen LogP) is 2.75. The molecular weight excluding hydrogens is 356 g/mol. The van der Waals surface area contributed by atoms with E-state index >= 15 is 0 Å². The van der Waals surface area contributed by atoms with Gasteiger partial charge in [0.15, 0.2) is 0 Å². The Labute approximate surface area is 165 Å². The summed E-state index contributed by atoms with van der Waals surface area (Å²) < 4.78 is 11.5. The molecule has 0 bridgehead atoms. The molecule has 1 amide bonds. The quantitative estimate of drug-likeness (QED) is 0.828. The van der Waals surface area contributed by atoms with Crippen LogP contribution in [0.15, 0.2) is 42.9 Å². The van der Waals surface area contributed by atoms with Crippen LogP contribution in [0.3, 0.4) is 0 Å². The van der Waals surface area contributed by atoms with Crippen molar-refractivity contribution in [2.45, 2.75) is 37.9 Å². The zero-order valence-electron chi connectivity index (χ0n) is 15.9. The second-order valence-electron chi connectivity index (χ2n) is 7.25. The van der Waals surface area contributed by atoms with E-state index in [1.54, 1.807) is 18.6 Å². The number of likely N-dealkylation sites (tertiary alicyclic amines) is 1. The number of hydrogen-bond donors (Lipinski definition) is 1. The van der Waals surface area contributed by atoms with Crippen LogP contribution in [0.5, 0.6) is 5.75 Å². The molecule has 0 radical (unpaired) electrons. The van der Waals surface area contributed by atoms with Gasteiger partial charge >= 0.3 is 0 Å². The van der Waals surface area contributed by atoms with Crippen molar-refractivity contribution in [2.75, 3.05) is 31.6 Å². The lowest BCUT2D eigenvalue weighted by Gasteiger charge is -2.32. The van der Waals surface area contributed by atoms with Gasteiger partial charge in [-0.25, -0.2) is 4.98 Å². The van der Waals surface area contributed by atoms with Crippen LogP contribution in [-0.4, -0.2) is 59.2 Å². The van der Waals surface area contributed by atoms with Gasteiger partial charge in [-0.3, -0.25) is 9.78 Å². The summed E-state index contributed by atoms with van der Waals surface area (Å²) in [5, 5.41) is 3.28. The predicted molar refractivity (Wildman–Crippen MR) is 105 cm³/mol. The monoisotopic (exact) mass is 382 g/mol. The first kappa shape index (κ1) is 18.7. The molecule has 0 unspecified atom stereocenters. The van der Waals surface area contributed by atoms with Gasteiger partial charge in [-0.2, -0.15) is 0 Å². The molecule has 1 atom stereocenters. The normalized spacial score (nSPS) is 20.1. The van der Waals surface area contributed by atoms with Crippen molar-refractivity contribution < 1.29 is 14.3 Å². The van der Waals surface area contributed by atoms with E-state index in [0.717, 1.165) is 50.4 Å². The topological polar surface area (TPSA) is 76.6 Å². The number of pyridine rings is 2. The maximum Gasteiger partial charge on any atom is 0.255 e. The van der Waals surface area contributed by atoms with Gasteiger partial charge < -0.3 is 19.7 Å². The van der Waals surface area contributed by atoms with E-state index in [-0.39, 0.29) is 18.1 Å². The largest absolute Gasteiger partial charge is 0.489 e. The van der Waals surface area contributed by atoms with Gasteiger partial charge in [-0.05, 0) is 37.1 Å². The van der Waals surface area contributed by atoms with Crippen LogP contribution in [0.4, 0.5) is 5.82 Å². The van der Waals surface area contributed by atoms with E-state index in [0.29, 0.717) is 18.7 Å². The molecule has 0 spiro atoms. The fourth-order valence-corrected chi connectivity index (χ4v) is 3.62. The van der Waals surface area contributed by atoms with E-state index in [1.807, 2.05) is 29.2 Å². The van der Waals surface area contributed by atoms with Crippen LogP contribution < -0.4 is 10.1 Å². The Morgan fingerprint density at radius 3 is 2.79 bits per heavy atom. The Morgan fingerprint density at radius 2 is 2.11 bits per heavy atom. The Balaban J connectivity index is 1.25. The first-order valence-electron chi connectivity index (χ1n) is 9.95. The number of rotatable bonds is 6. The lowest BCUT2D eigenvalue weighted by molar-refractivity contribution is 0.0594. The van der Waals surface area contributed by atoms with Gasteiger partial charge in [0.2, 0.25) is 0 Å². The average Bonchev–Trinajstić information content (AvgIpc) is 3.27. The van der Waals surface area contributed by atoms with Crippen LogP contribution in [0.1, 0.15) is 36.0 Å². The van der Waals surface area contributed by atoms with Gasteiger partial charge in [0.1, 0.15) is 17.7 Å². The van der Waals surface area contributed by atoms with Gasteiger partial charge in [0.25, 0.3) is 5.91 Å². The maximum atomic E-state index is 12.7. The van der Waals surface area contributed by atoms with Crippen molar-refractivity contribution in [1.29, 1.82) is 0 Å². The first-order chi connectivity index (χ1) is 13.8. The number of piperidine rings is 1. The molecule has 2 aliphatic heterocycles. The molecule has 0 saturated carbocycles. The van der Waals surface area contributed by atoms with Crippen molar-refractivity contribution in [1.82, 2.24) is 14.9 Å². The summed E-state index contributed by atoms with van der Waals surface area (Å²) in [6.07, 6.45) is 9.32. The minimum absolute atomic E-state index is 0.0259. The molecular formula is C21H26N4O3. The summed E-state index contributed by atoms with van der Waals surface area (Å²) in [5.41, 5.74) is 0.620. The highest BCUT2D eigenvalue weighted by atomic mass is 16.5. The number of carbonyl (C=O) groups is 1. The van der Waals surface area contributed by atoms with Crippen molar-refractivity contribution in [3.05, 3.63) is 48.4 Å². The van der Waals surface area contributed by atoms with E-state index in [1.165, 1.54) is 0 Å². The third-order valence-electron chi connectivity index (χ3n) is 5.21. The number of nitrogens with one attached hydrogen (secondary N) is 1. The fraction of sp³-hybridized carbons (Fsp3) is 0.476. The molecule has 2 aromatic heterocycles. The summed E-state index contributed by atoms with van der Waals surface area (Å²) in [6, 6.07) is 7.47. The molecule has 1 N–H and O–H groups in total. The Morgan fingerprint density at radius 1 is 1.21 bits per heavy atom. The molecule has 7 nitrogen and oxygen atoms in total. The van der Waals surface area contributed by atoms with E-state index < -0.39 is 0 Å². The van der Waals surface area contributed by atoms with Crippen molar-refractivity contribution >= 4 is 11.7 Å². The van der Waals surface area contributed by atoms with Gasteiger partial charge in [0, 0.05) is 51.5 Å². The Bertz CT molecular complexity index is 755. The minimum atomic E-state index is 0.0259. The number of nitrogens with zero attached hydrogens (tertiary/aromatic N) is 3. The summed E-state index contributed by atoms with van der Waals surface area (Å²) in [7, 11) is 0. The summed E-state index contributed by atoms with van der Waals surface area (Å²) in [4.78, 5) is 23.1. The summed E-state index contributed by atoms with van der Waals surface area (Å²) in [6.45, 7) is 2.97. The van der Waals surface area contributed by atoms with Crippen molar-refractivity contribution in [3.63, 3.8) is 0 Å². The van der Waals surface area contributed by atoms with E-state index in [9.17, 15) is 4.79 Å². The summed E-state index contributed by atoms with van der Waals surface area (Å²) in [5.74, 6) is 1.58. The van der Waals surface area contributed by atoms with E-state index in [4.69, 9.17) is 9.47 Å². The van der Waals surface area contributed by atoms with Gasteiger partial charge in [-0.1, -0.05) is 0 Å². The smallest absolute Gasteiger partial charge is 0.255 e. The van der Waals surface area contributed by atoms with Crippen molar-refractivity contribution in [2.24, 2.45) is 0 Å². The number of aromatic nitrogens is 2. The zero-order chi connectivity index (χ0) is 19.2. The SMILES string of the molecule is O=C(c1ccc(NC[C@@H]2CCCO2)nc1)N1CCC(Oc2cccnc2)CC1. The first-order valence-corrected chi connectivity index (χ1v) is 9.95. The second kappa shape index (κ2) is 9.01. The number of amides is 1. The molecule has 4 heterocycles. The van der Waals surface area contributed by atoms with Crippen molar-refractivity contribution in [3.8, 4) is 5.75 Å². The Hall–Kier alpha value is -2.67. The highest BCUT2D eigenvalue weighted by Crippen LogP contribution is 2.20. The van der Waals surface area contributed by atoms with Gasteiger partial charge in [0.05, 0.1) is 17.9 Å². The number of ether oxygens (including phenoxy) is 2. The lowest BCUT2D eigenvalue weighted by atomic mass is 10.1. The second-order valence-corrected chi connectivity index (χ2v) is 7.25. The highest BCUT2D eigenvalue weighted by Gasteiger charge is 2.25. The van der Waals surface area contributed by atoms with E-state index in [2.05, 4.69) is 15.3 Å². The average molecular weight is 382 g/mol. The maximum absolute atomic E-state index is 12.7. The zero-order valence-corrected chi connectivity index (χ0v) is 15.9. The molecule has 2 fully saturated rings. The summed E-state index contributed by atoms with van der Waals surface area (Å²) >= 11 is 0. The molecule has 7 heteroatoms. The molecule has 2 saturated heterocycles. The molecule has 2 aliphatic rings. The Kier molecular flexibility index (Phi) is 6.01. The van der Waals surface area contributed by atoms with Crippen LogP contribution >= 0.6 is 0 Å². The minimum Gasteiger partial charge on any atom is -0.489 e. The number of hydrogen-bond acceptors (Lipinski definition) is 6. The van der Waals surface area contributed by atoms with Crippen LogP contribution in [0, 0.1) is 0 Å². The lowest BCUT2D eigenvalue weighted by Crippen LogP contribution is -2.41. The third kappa shape index (κ3) is 4.78. The van der Waals surface area contributed by atoms with Crippen LogP contribution in [0.2, 0.25) is 0 Å². The molecule has 0 aromatic carbocycles. The molecule has 4 rings (SSSR count). The molecule has 2 aromatic rings. The fourth-order valence-electron chi connectivity index (χ4n) is 3.62. The third-order valence-corrected chi connectivity index (χ3v) is 5.21. The highest BCUT2D eigenvalue weighted by molar-refractivity contribution is 5.94. The number of carbonyl (C=O) groups excluding carboxylic acids is 1. The molecule has 28 heavy (non-hydrogen) atoms. The number of anilines is 1. The van der Waals surface area contributed by atoms with Crippen LogP contribution in [0.25, 0.3) is 0 Å². The van der Waals surface area contributed by atoms with Crippen LogP contribution in [-0.2, 0) is 4.74 Å². The molecule has 0 aliphatic carbocycles. The van der Waals surface area contributed by atoms with Gasteiger partial charge in [-0.15, -0.1) is 0 Å². The standard InChI is InChI=1S/C21H26N4O3/c26-21(16-5-6-20(23-13-16)24-15-18-4-2-12-27-18)25-10-7-17(8-11-25)28-19-3-1-9-22-14-19/h1,3,5-6,9,13-14,17-18H,2,4,7-8,10-12,15H2,(H,23,24)/t18-/m0/s1.